The van der Waals surface area contributed by atoms with Crippen LogP contribution in [0.4, 0.5) is 8.78 Å². The van der Waals surface area contributed by atoms with Crippen molar-refractivity contribution in [3.05, 3.63) is 83.1 Å². The van der Waals surface area contributed by atoms with Crippen molar-refractivity contribution in [2.75, 3.05) is 26.7 Å². The molecule has 3 aromatic rings. The van der Waals surface area contributed by atoms with E-state index in [2.05, 4.69) is 4.98 Å². The van der Waals surface area contributed by atoms with Crippen LogP contribution in [-0.2, 0) is 15.8 Å². The van der Waals surface area contributed by atoms with E-state index in [1.165, 1.54) is 66.2 Å². The van der Waals surface area contributed by atoms with E-state index in [4.69, 9.17) is 21.5 Å². The maximum absolute atomic E-state index is 14.7. The molecule has 9 nitrogen and oxygen atoms in total. The number of likely N-dealkylation sites (N-methyl/N-ethyl adjacent to an activating group) is 1. The van der Waals surface area contributed by atoms with Gasteiger partial charge < -0.3 is 9.64 Å². The number of hydrogen-bond acceptors (Lipinski definition) is 6. The second-order valence-corrected chi connectivity index (χ2v) is 9.30. The maximum atomic E-state index is 14.7. The summed E-state index contributed by atoms with van der Waals surface area (Å²) >= 11 is 5.79. The number of nitrogens with zero attached hydrogens (tertiary/aromatic N) is 3. The van der Waals surface area contributed by atoms with E-state index in [0.29, 0.717) is 10.6 Å². The molecule has 0 saturated carbocycles. The number of amides is 2. The summed E-state index contributed by atoms with van der Waals surface area (Å²) in [7, 11) is -0.737. The highest BCUT2D eigenvalue weighted by atomic mass is 35.5. The molecule has 0 aliphatic rings. The summed E-state index contributed by atoms with van der Waals surface area (Å²) in [6.07, 6.45) is 2.91. The Morgan fingerprint density at radius 3 is 2.28 bits per heavy atom. The Balaban J connectivity index is 1.77. The number of hydroxylamine groups is 1. The molecule has 1 atom stereocenters. The SMILES string of the molecule is CN(CCN(CC(=O)NO)S(=O)c1cc(F)c(Oc2ccc(Cl)cc2)c(F)c1)C(=O)c1ccncc1. The van der Waals surface area contributed by atoms with Crippen LogP contribution >= 0.6 is 11.6 Å². The predicted octanol–water partition coefficient (Wildman–Crippen LogP) is 3.41. The molecule has 0 saturated heterocycles. The summed E-state index contributed by atoms with van der Waals surface area (Å²) in [4.78, 5) is 29.2. The quantitative estimate of drug-likeness (QED) is 0.302. The van der Waals surface area contributed by atoms with Crippen LogP contribution in [0.3, 0.4) is 0 Å². The van der Waals surface area contributed by atoms with Gasteiger partial charge in [0.1, 0.15) is 16.7 Å². The summed E-state index contributed by atoms with van der Waals surface area (Å²) in [6, 6.07) is 10.5. The second kappa shape index (κ2) is 12.5. The fourth-order valence-electron chi connectivity index (χ4n) is 3.00. The zero-order valence-electron chi connectivity index (χ0n) is 18.9. The molecule has 190 valence electrons. The van der Waals surface area contributed by atoms with E-state index >= 15 is 0 Å². The van der Waals surface area contributed by atoms with E-state index in [-0.39, 0.29) is 29.6 Å². The van der Waals surface area contributed by atoms with E-state index in [1.54, 1.807) is 0 Å². The summed E-state index contributed by atoms with van der Waals surface area (Å²) in [6.45, 7) is -0.694. The van der Waals surface area contributed by atoms with Crippen molar-refractivity contribution < 1.29 is 32.5 Å². The van der Waals surface area contributed by atoms with Gasteiger partial charge in [-0.3, -0.25) is 19.8 Å². The summed E-state index contributed by atoms with van der Waals surface area (Å²) < 4.78 is 48.9. The van der Waals surface area contributed by atoms with Gasteiger partial charge >= 0.3 is 0 Å². The number of carbonyl (C=O) groups excluding carboxylic acids is 2. The highest BCUT2D eigenvalue weighted by Crippen LogP contribution is 2.30. The molecule has 3 rings (SSSR count). The van der Waals surface area contributed by atoms with Gasteiger partial charge in [0.2, 0.25) is 0 Å². The monoisotopic (exact) mass is 538 g/mol. The average Bonchev–Trinajstić information content (AvgIpc) is 2.88. The summed E-state index contributed by atoms with van der Waals surface area (Å²) in [5, 5.41) is 9.30. The fourth-order valence-corrected chi connectivity index (χ4v) is 4.31. The summed E-state index contributed by atoms with van der Waals surface area (Å²) in [5.74, 6) is -4.07. The van der Waals surface area contributed by atoms with Crippen molar-refractivity contribution in [1.29, 1.82) is 0 Å². The van der Waals surface area contributed by atoms with Gasteiger partial charge in [-0.25, -0.2) is 22.8 Å². The molecular formula is C23H21ClF2N4O5S. The van der Waals surface area contributed by atoms with Gasteiger partial charge in [0.25, 0.3) is 11.8 Å². The molecule has 1 heterocycles. The van der Waals surface area contributed by atoms with Crippen molar-refractivity contribution >= 4 is 34.4 Å². The van der Waals surface area contributed by atoms with Gasteiger partial charge in [-0.05, 0) is 48.5 Å². The first kappa shape index (κ1) is 27.1. The third-order valence-electron chi connectivity index (χ3n) is 4.84. The minimum absolute atomic E-state index is 0.00826. The lowest BCUT2D eigenvalue weighted by molar-refractivity contribution is -0.129. The van der Waals surface area contributed by atoms with Gasteiger partial charge in [0.05, 0.1) is 11.4 Å². The molecule has 0 fully saturated rings. The average molecular weight is 539 g/mol. The molecular weight excluding hydrogens is 518 g/mol. The zero-order valence-corrected chi connectivity index (χ0v) is 20.4. The maximum Gasteiger partial charge on any atom is 0.258 e. The molecule has 2 amide bonds. The molecule has 0 spiro atoms. The second-order valence-electron chi connectivity index (χ2n) is 7.38. The normalized spacial score (nSPS) is 11.7. The Kier molecular flexibility index (Phi) is 9.42. The number of pyridine rings is 1. The Morgan fingerprint density at radius 1 is 1.08 bits per heavy atom. The van der Waals surface area contributed by atoms with Gasteiger partial charge in [-0.15, -0.1) is 0 Å². The molecule has 0 bridgehead atoms. The fraction of sp³-hybridized carbons (Fsp3) is 0.174. The van der Waals surface area contributed by atoms with Crippen LogP contribution in [0.15, 0.2) is 65.8 Å². The largest absolute Gasteiger partial charge is 0.451 e. The third kappa shape index (κ3) is 7.04. The standard InChI is InChI=1S/C23H21ClF2N4O5S/c1-29(23(32)15-6-8-27-9-7-15)10-11-30(14-21(31)28-33)36(34)18-12-19(25)22(20(26)13-18)35-17-4-2-16(24)3-5-17/h2-9,12-13,33H,10-11,14H2,1H3,(H,28,31). The molecule has 2 aromatic carbocycles. The Labute approximate surface area is 212 Å². The topological polar surface area (TPSA) is 112 Å². The van der Waals surface area contributed by atoms with Crippen LogP contribution in [0.2, 0.25) is 5.02 Å². The molecule has 0 radical (unpaired) electrons. The summed E-state index contributed by atoms with van der Waals surface area (Å²) in [5.41, 5.74) is 1.79. The Bertz CT molecular complexity index is 1230. The van der Waals surface area contributed by atoms with Crippen molar-refractivity contribution in [2.24, 2.45) is 0 Å². The number of hydrogen-bond donors (Lipinski definition) is 2. The number of benzene rings is 2. The predicted molar refractivity (Wildman–Crippen MR) is 127 cm³/mol. The highest BCUT2D eigenvalue weighted by Gasteiger charge is 2.24. The van der Waals surface area contributed by atoms with Crippen LogP contribution in [0.1, 0.15) is 10.4 Å². The molecule has 1 unspecified atom stereocenters. The first-order valence-electron chi connectivity index (χ1n) is 10.4. The minimum atomic E-state index is -2.24. The van der Waals surface area contributed by atoms with Gasteiger partial charge in [-0.2, -0.15) is 0 Å². The van der Waals surface area contributed by atoms with Crippen molar-refractivity contribution in [1.82, 2.24) is 19.7 Å². The molecule has 0 aliphatic carbocycles. The zero-order chi connectivity index (χ0) is 26.2. The Morgan fingerprint density at radius 2 is 1.69 bits per heavy atom. The number of carbonyl (C=O) groups is 2. The van der Waals surface area contributed by atoms with E-state index in [0.717, 1.165) is 16.4 Å². The van der Waals surface area contributed by atoms with Crippen molar-refractivity contribution in [3.8, 4) is 11.5 Å². The lowest BCUT2D eigenvalue weighted by Crippen LogP contribution is -2.42. The van der Waals surface area contributed by atoms with E-state index < -0.39 is 40.8 Å². The van der Waals surface area contributed by atoms with Crippen molar-refractivity contribution in [3.63, 3.8) is 0 Å². The number of halogens is 3. The van der Waals surface area contributed by atoms with Crippen LogP contribution in [-0.4, -0.2) is 62.1 Å². The molecule has 0 aliphatic heterocycles. The van der Waals surface area contributed by atoms with Crippen LogP contribution in [0.25, 0.3) is 0 Å². The van der Waals surface area contributed by atoms with Gasteiger partial charge in [0.15, 0.2) is 17.4 Å². The number of ether oxygens (including phenoxy) is 1. The first-order chi connectivity index (χ1) is 17.2. The number of aromatic nitrogens is 1. The van der Waals surface area contributed by atoms with Crippen LogP contribution in [0, 0.1) is 11.6 Å². The van der Waals surface area contributed by atoms with Crippen molar-refractivity contribution in [2.45, 2.75) is 4.90 Å². The first-order valence-corrected chi connectivity index (χ1v) is 11.9. The molecule has 36 heavy (non-hydrogen) atoms. The van der Waals surface area contributed by atoms with E-state index in [1.807, 2.05) is 0 Å². The van der Waals surface area contributed by atoms with E-state index in [9.17, 15) is 22.6 Å². The molecule has 2 N–H and O–H groups in total. The molecule has 13 heteroatoms. The lowest BCUT2D eigenvalue weighted by atomic mass is 10.2. The molecule has 1 aromatic heterocycles. The lowest BCUT2D eigenvalue weighted by Gasteiger charge is -2.24. The smallest absolute Gasteiger partial charge is 0.258 e. The van der Waals surface area contributed by atoms with Crippen LogP contribution in [0.5, 0.6) is 11.5 Å². The Hall–Kier alpha value is -3.45. The third-order valence-corrected chi connectivity index (χ3v) is 6.52. The number of rotatable bonds is 10. The van der Waals surface area contributed by atoms with Gasteiger partial charge in [0, 0.05) is 43.1 Å². The van der Waals surface area contributed by atoms with Gasteiger partial charge in [-0.1, -0.05) is 11.6 Å². The van der Waals surface area contributed by atoms with Crippen LogP contribution < -0.4 is 10.2 Å². The highest BCUT2D eigenvalue weighted by molar-refractivity contribution is 7.82. The number of nitrogens with one attached hydrogen (secondary N) is 1. The minimum Gasteiger partial charge on any atom is -0.451 e.